The molecule has 3 nitrogen and oxygen atoms in total. The van der Waals surface area contributed by atoms with Crippen LogP contribution in [-0.4, -0.2) is 23.9 Å². The highest BCUT2D eigenvalue weighted by atomic mass is 16.1. The summed E-state index contributed by atoms with van der Waals surface area (Å²) in [5.41, 5.74) is 0. The minimum absolute atomic E-state index is 0.278. The second-order valence-electron chi connectivity index (χ2n) is 2.92. The first-order valence-corrected chi connectivity index (χ1v) is 4.70. The van der Waals surface area contributed by atoms with Crippen LogP contribution >= 0.6 is 0 Å². The van der Waals surface area contributed by atoms with Crippen LogP contribution in [0.2, 0.25) is 0 Å². The SMILES string of the molecule is CC.CC(=O)C1CCN(N)CC1. The maximum Gasteiger partial charge on any atom is 0.133 e. The fraction of sp³-hybridized carbons (Fsp3) is 0.889. The van der Waals surface area contributed by atoms with Crippen molar-refractivity contribution in [2.24, 2.45) is 11.8 Å². The zero-order valence-corrected chi connectivity index (χ0v) is 8.34. The third-order valence-electron chi connectivity index (χ3n) is 2.10. The van der Waals surface area contributed by atoms with E-state index in [1.165, 1.54) is 0 Å². The molecule has 0 atom stereocenters. The van der Waals surface area contributed by atoms with Crippen molar-refractivity contribution >= 4 is 5.78 Å². The zero-order chi connectivity index (χ0) is 9.56. The van der Waals surface area contributed by atoms with Crippen molar-refractivity contribution in [3.8, 4) is 0 Å². The van der Waals surface area contributed by atoms with Crippen LogP contribution in [0, 0.1) is 5.92 Å². The lowest BCUT2D eigenvalue weighted by Gasteiger charge is -2.26. The number of hydrogen-bond donors (Lipinski definition) is 1. The fourth-order valence-corrected chi connectivity index (χ4v) is 1.31. The molecule has 0 unspecified atom stereocenters. The van der Waals surface area contributed by atoms with Gasteiger partial charge in [0.05, 0.1) is 0 Å². The van der Waals surface area contributed by atoms with Gasteiger partial charge in [-0.25, -0.2) is 5.01 Å². The molecule has 1 aliphatic rings. The number of nitrogens with zero attached hydrogens (tertiary/aromatic N) is 1. The monoisotopic (exact) mass is 172 g/mol. The van der Waals surface area contributed by atoms with E-state index in [2.05, 4.69) is 0 Å². The number of carbonyl (C=O) groups is 1. The molecule has 72 valence electrons. The molecule has 2 N–H and O–H groups in total. The summed E-state index contributed by atoms with van der Waals surface area (Å²) in [5.74, 6) is 6.11. The van der Waals surface area contributed by atoms with Crippen molar-refractivity contribution in [2.75, 3.05) is 13.1 Å². The molecule has 1 saturated heterocycles. The van der Waals surface area contributed by atoms with Gasteiger partial charge in [0.15, 0.2) is 0 Å². The summed E-state index contributed by atoms with van der Waals surface area (Å²) < 4.78 is 0. The van der Waals surface area contributed by atoms with Gasteiger partial charge in [0, 0.05) is 19.0 Å². The maximum atomic E-state index is 10.8. The topological polar surface area (TPSA) is 46.3 Å². The molecule has 1 aliphatic heterocycles. The van der Waals surface area contributed by atoms with Crippen LogP contribution in [0.4, 0.5) is 0 Å². The van der Waals surface area contributed by atoms with Gasteiger partial charge in [0.2, 0.25) is 0 Å². The molecule has 0 amide bonds. The van der Waals surface area contributed by atoms with E-state index >= 15 is 0 Å². The molecule has 12 heavy (non-hydrogen) atoms. The van der Waals surface area contributed by atoms with Crippen molar-refractivity contribution in [1.29, 1.82) is 0 Å². The summed E-state index contributed by atoms with van der Waals surface area (Å²) in [6, 6.07) is 0. The quantitative estimate of drug-likeness (QED) is 0.604. The van der Waals surface area contributed by atoms with E-state index in [1.54, 1.807) is 11.9 Å². The Morgan fingerprint density at radius 1 is 1.33 bits per heavy atom. The molecular formula is C9H20N2O. The van der Waals surface area contributed by atoms with Crippen LogP contribution in [0.25, 0.3) is 0 Å². The van der Waals surface area contributed by atoms with E-state index in [0.29, 0.717) is 5.78 Å². The molecule has 0 saturated carbocycles. The summed E-state index contributed by atoms with van der Waals surface area (Å²) in [4.78, 5) is 10.8. The largest absolute Gasteiger partial charge is 0.300 e. The van der Waals surface area contributed by atoms with Gasteiger partial charge in [-0.3, -0.25) is 10.6 Å². The second-order valence-corrected chi connectivity index (χ2v) is 2.92. The lowest BCUT2D eigenvalue weighted by Crippen LogP contribution is -2.40. The molecule has 0 aromatic rings. The second kappa shape index (κ2) is 6.14. The smallest absolute Gasteiger partial charge is 0.133 e. The van der Waals surface area contributed by atoms with Crippen LogP contribution in [0.5, 0.6) is 0 Å². The number of carbonyl (C=O) groups excluding carboxylic acids is 1. The van der Waals surface area contributed by atoms with Gasteiger partial charge in [0.1, 0.15) is 5.78 Å². The average Bonchev–Trinajstić information content (AvgIpc) is 2.09. The number of hydrogen-bond acceptors (Lipinski definition) is 3. The van der Waals surface area contributed by atoms with Crippen LogP contribution in [0.1, 0.15) is 33.6 Å². The third kappa shape index (κ3) is 3.83. The molecule has 0 aromatic carbocycles. The molecule has 0 bridgehead atoms. The van der Waals surface area contributed by atoms with Crippen molar-refractivity contribution in [2.45, 2.75) is 33.6 Å². The van der Waals surface area contributed by atoms with Crippen molar-refractivity contribution in [3.63, 3.8) is 0 Å². The Morgan fingerprint density at radius 2 is 1.75 bits per heavy atom. The molecule has 1 rings (SSSR count). The first-order valence-electron chi connectivity index (χ1n) is 4.70. The van der Waals surface area contributed by atoms with Crippen LogP contribution in [-0.2, 0) is 4.79 Å². The van der Waals surface area contributed by atoms with Crippen LogP contribution < -0.4 is 5.84 Å². The van der Waals surface area contributed by atoms with E-state index in [9.17, 15) is 4.79 Å². The van der Waals surface area contributed by atoms with Gasteiger partial charge < -0.3 is 0 Å². The predicted octanol–water partition coefficient (Wildman–Crippen LogP) is 1.19. The van der Waals surface area contributed by atoms with E-state index in [4.69, 9.17) is 5.84 Å². The van der Waals surface area contributed by atoms with E-state index in [-0.39, 0.29) is 5.92 Å². The number of rotatable bonds is 1. The highest BCUT2D eigenvalue weighted by molar-refractivity contribution is 5.78. The summed E-state index contributed by atoms with van der Waals surface area (Å²) >= 11 is 0. The molecular weight excluding hydrogens is 152 g/mol. The Kier molecular flexibility index (Phi) is 5.93. The molecule has 0 aromatic heterocycles. The Labute approximate surface area is 74.9 Å². The van der Waals surface area contributed by atoms with E-state index in [0.717, 1.165) is 25.9 Å². The molecule has 0 radical (unpaired) electrons. The fourth-order valence-electron chi connectivity index (χ4n) is 1.31. The Hall–Kier alpha value is -0.410. The normalized spacial score (nSPS) is 19.7. The van der Waals surface area contributed by atoms with E-state index < -0.39 is 0 Å². The van der Waals surface area contributed by atoms with Crippen molar-refractivity contribution in [1.82, 2.24) is 5.01 Å². The molecule has 0 spiro atoms. The highest BCUT2D eigenvalue weighted by Gasteiger charge is 2.19. The Morgan fingerprint density at radius 3 is 2.08 bits per heavy atom. The summed E-state index contributed by atoms with van der Waals surface area (Å²) in [5, 5.41) is 1.78. The average molecular weight is 172 g/mol. The number of piperidine rings is 1. The predicted molar refractivity (Wildman–Crippen MR) is 50.5 cm³/mol. The lowest BCUT2D eigenvalue weighted by molar-refractivity contribution is -0.122. The van der Waals surface area contributed by atoms with Gasteiger partial charge in [-0.2, -0.15) is 0 Å². The first-order chi connectivity index (χ1) is 5.70. The van der Waals surface area contributed by atoms with Crippen LogP contribution in [0.15, 0.2) is 0 Å². The van der Waals surface area contributed by atoms with Gasteiger partial charge in [0.25, 0.3) is 0 Å². The number of nitrogens with two attached hydrogens (primary N) is 1. The Balaban J connectivity index is 0.000000561. The highest BCUT2D eigenvalue weighted by Crippen LogP contribution is 2.15. The summed E-state index contributed by atoms with van der Waals surface area (Å²) in [7, 11) is 0. The first kappa shape index (κ1) is 11.6. The van der Waals surface area contributed by atoms with Crippen LogP contribution in [0.3, 0.4) is 0 Å². The standard InChI is InChI=1S/C7H14N2O.C2H6/c1-6(10)7-2-4-9(8)5-3-7;1-2/h7H,2-5,8H2,1H3;1-2H3. The van der Waals surface area contributed by atoms with E-state index in [1.807, 2.05) is 13.8 Å². The molecule has 1 heterocycles. The molecule has 0 aliphatic carbocycles. The van der Waals surface area contributed by atoms with Gasteiger partial charge >= 0.3 is 0 Å². The summed E-state index contributed by atoms with van der Waals surface area (Å²) in [6.45, 7) is 7.39. The van der Waals surface area contributed by atoms with Gasteiger partial charge in [-0.05, 0) is 19.8 Å². The number of Topliss-reactive ketones (excluding diaryl/α,β-unsaturated/α-hetero) is 1. The third-order valence-corrected chi connectivity index (χ3v) is 2.10. The number of hydrazine groups is 1. The lowest BCUT2D eigenvalue weighted by atomic mass is 9.94. The van der Waals surface area contributed by atoms with Crippen molar-refractivity contribution in [3.05, 3.63) is 0 Å². The molecule has 3 heteroatoms. The van der Waals surface area contributed by atoms with Crippen molar-refractivity contribution < 1.29 is 4.79 Å². The number of ketones is 1. The summed E-state index contributed by atoms with van der Waals surface area (Å²) in [6.07, 6.45) is 1.87. The molecule has 1 fully saturated rings. The zero-order valence-electron chi connectivity index (χ0n) is 8.34. The minimum Gasteiger partial charge on any atom is -0.300 e. The Bertz CT molecular complexity index is 128. The van der Waals surface area contributed by atoms with Gasteiger partial charge in [-0.15, -0.1) is 0 Å². The maximum absolute atomic E-state index is 10.8. The minimum atomic E-state index is 0.278. The van der Waals surface area contributed by atoms with Gasteiger partial charge in [-0.1, -0.05) is 13.8 Å².